The van der Waals surface area contributed by atoms with Gasteiger partial charge >= 0.3 is 0 Å². The Morgan fingerprint density at radius 2 is 0.722 bits per heavy atom. The molecule has 0 radical (unpaired) electrons. The largest absolute Gasteiger partial charge is 0.256 e. The maximum Gasteiger partial charge on any atom is 0.0892 e. The molecule has 3 heterocycles. The molecule has 0 atom stereocenters. The molecule has 0 spiro atoms. The zero-order chi connectivity index (χ0) is 24.2. The van der Waals surface area contributed by atoms with Gasteiger partial charge in [-0.1, -0.05) is 84.9 Å². The van der Waals surface area contributed by atoms with Crippen molar-refractivity contribution in [3.05, 3.63) is 140 Å². The van der Waals surface area contributed by atoms with Crippen molar-refractivity contribution in [1.29, 1.82) is 0 Å². The lowest BCUT2D eigenvalue weighted by Crippen LogP contribution is -1.92. The molecule has 3 aromatic heterocycles. The highest BCUT2D eigenvalue weighted by atomic mass is 14.8. The Kier molecular flexibility index (Phi) is 5.87. The monoisotopic (exact) mass is 461 g/mol. The fraction of sp³-hybridized carbons (Fsp3) is 0. The summed E-state index contributed by atoms with van der Waals surface area (Å²) in [5.74, 6) is 0. The molecule has 36 heavy (non-hydrogen) atoms. The number of hydrogen-bond acceptors (Lipinski definition) is 3. The van der Waals surface area contributed by atoms with Crippen molar-refractivity contribution in [2.24, 2.45) is 0 Å². The van der Waals surface area contributed by atoms with Crippen molar-refractivity contribution in [3.8, 4) is 56.0 Å². The van der Waals surface area contributed by atoms with E-state index in [-0.39, 0.29) is 0 Å². The minimum atomic E-state index is 0.839. The number of pyridine rings is 3. The fourth-order valence-electron chi connectivity index (χ4n) is 4.47. The second kappa shape index (κ2) is 9.77. The summed E-state index contributed by atoms with van der Waals surface area (Å²) in [4.78, 5) is 14.0. The maximum absolute atomic E-state index is 4.72. The summed E-state index contributed by atoms with van der Waals surface area (Å²) in [5, 5.41) is 0. The highest BCUT2D eigenvalue weighted by molar-refractivity contribution is 5.84. The van der Waals surface area contributed by atoms with Gasteiger partial charge < -0.3 is 0 Å². The lowest BCUT2D eigenvalue weighted by molar-refractivity contribution is 1.25. The first-order valence-corrected chi connectivity index (χ1v) is 11.9. The molecule has 0 unspecified atom stereocenters. The molecule has 0 aliphatic carbocycles. The Morgan fingerprint density at radius 3 is 1.31 bits per heavy atom. The molecule has 0 N–H and O–H groups in total. The van der Waals surface area contributed by atoms with E-state index in [1.165, 1.54) is 5.56 Å². The number of aromatic nitrogens is 3. The highest BCUT2D eigenvalue weighted by Gasteiger charge is 2.12. The van der Waals surface area contributed by atoms with E-state index in [0.717, 1.165) is 50.5 Å². The topological polar surface area (TPSA) is 38.7 Å². The lowest BCUT2D eigenvalue weighted by Gasteiger charge is -2.12. The molecule has 6 aromatic rings. The minimum Gasteiger partial charge on any atom is -0.256 e. The van der Waals surface area contributed by atoms with Crippen LogP contribution in [0.15, 0.2) is 140 Å². The third-order valence-corrected chi connectivity index (χ3v) is 6.27. The molecule has 0 aliphatic rings. The Hall–Kier alpha value is -4.89. The molecular formula is C33H23N3. The van der Waals surface area contributed by atoms with Gasteiger partial charge in [-0.25, -0.2) is 0 Å². The van der Waals surface area contributed by atoms with E-state index in [0.29, 0.717) is 0 Å². The van der Waals surface area contributed by atoms with Gasteiger partial charge in [0.1, 0.15) is 0 Å². The summed E-state index contributed by atoms with van der Waals surface area (Å²) >= 11 is 0. The second-order valence-corrected chi connectivity index (χ2v) is 8.57. The van der Waals surface area contributed by atoms with Crippen LogP contribution in [0.4, 0.5) is 0 Å². The summed E-state index contributed by atoms with van der Waals surface area (Å²) in [6.45, 7) is 0. The first-order chi connectivity index (χ1) is 17.8. The number of hydrogen-bond donors (Lipinski definition) is 0. The van der Waals surface area contributed by atoms with E-state index < -0.39 is 0 Å². The number of benzene rings is 3. The lowest BCUT2D eigenvalue weighted by atomic mass is 9.95. The van der Waals surface area contributed by atoms with Crippen molar-refractivity contribution in [3.63, 3.8) is 0 Å². The van der Waals surface area contributed by atoms with Crippen LogP contribution in [-0.2, 0) is 0 Å². The summed E-state index contributed by atoms with van der Waals surface area (Å²) in [7, 11) is 0. The normalized spacial score (nSPS) is 10.8. The Balaban J connectivity index is 1.40. The average Bonchev–Trinajstić information content (AvgIpc) is 2.98. The Labute approximate surface area is 210 Å². The first kappa shape index (κ1) is 21.6. The van der Waals surface area contributed by atoms with Crippen LogP contribution in [0.1, 0.15) is 0 Å². The smallest absolute Gasteiger partial charge is 0.0892 e. The predicted octanol–water partition coefficient (Wildman–Crippen LogP) is 8.21. The van der Waals surface area contributed by atoms with Crippen LogP contribution in [0.3, 0.4) is 0 Å². The predicted molar refractivity (Wildman–Crippen MR) is 147 cm³/mol. The quantitative estimate of drug-likeness (QED) is 0.260. The first-order valence-electron chi connectivity index (χ1n) is 11.9. The maximum atomic E-state index is 4.72. The van der Waals surface area contributed by atoms with E-state index in [9.17, 15) is 0 Å². The molecule has 0 bridgehead atoms. The van der Waals surface area contributed by atoms with Crippen molar-refractivity contribution in [1.82, 2.24) is 15.0 Å². The van der Waals surface area contributed by atoms with E-state index in [2.05, 4.69) is 94.9 Å². The van der Waals surface area contributed by atoms with E-state index in [1.54, 1.807) is 0 Å². The third kappa shape index (κ3) is 4.42. The van der Waals surface area contributed by atoms with Crippen LogP contribution in [0.5, 0.6) is 0 Å². The highest BCUT2D eigenvalue weighted by Crippen LogP contribution is 2.34. The minimum absolute atomic E-state index is 0.839. The van der Waals surface area contributed by atoms with Gasteiger partial charge in [-0.2, -0.15) is 0 Å². The Bertz CT molecular complexity index is 1630. The SMILES string of the molecule is c1ccc(-c2ccnc(-c3cc(-c4ccccc4-c4cc(-c5ccccc5)ccn4)ccn3)c2)cc1. The van der Waals surface area contributed by atoms with Crippen molar-refractivity contribution < 1.29 is 0 Å². The van der Waals surface area contributed by atoms with Crippen LogP contribution >= 0.6 is 0 Å². The zero-order valence-corrected chi connectivity index (χ0v) is 19.6. The van der Waals surface area contributed by atoms with Crippen LogP contribution in [0.2, 0.25) is 0 Å². The average molecular weight is 462 g/mol. The molecule has 3 aromatic carbocycles. The molecule has 0 aliphatic heterocycles. The fourth-order valence-corrected chi connectivity index (χ4v) is 4.47. The van der Waals surface area contributed by atoms with Gasteiger partial charge in [0.25, 0.3) is 0 Å². The molecule has 3 nitrogen and oxygen atoms in total. The molecule has 0 amide bonds. The van der Waals surface area contributed by atoms with Crippen LogP contribution in [-0.4, -0.2) is 15.0 Å². The van der Waals surface area contributed by atoms with Crippen LogP contribution in [0, 0.1) is 0 Å². The third-order valence-electron chi connectivity index (χ3n) is 6.27. The van der Waals surface area contributed by atoms with Crippen LogP contribution in [0.25, 0.3) is 56.0 Å². The van der Waals surface area contributed by atoms with E-state index in [4.69, 9.17) is 4.98 Å². The standard InChI is InChI=1S/C33H23N3/c1-3-9-24(10-4-1)26-15-18-34-31(21-26)30-14-8-7-13-29(30)28-17-20-36-33(23-28)32-22-27(16-19-35-32)25-11-5-2-6-12-25/h1-23H. The van der Waals surface area contributed by atoms with Gasteiger partial charge in [-0.15, -0.1) is 0 Å². The molecule has 0 saturated carbocycles. The molecule has 3 heteroatoms. The summed E-state index contributed by atoms with van der Waals surface area (Å²) in [6, 6.07) is 41.6. The molecule has 6 rings (SSSR count). The summed E-state index contributed by atoms with van der Waals surface area (Å²) in [6.07, 6.45) is 5.58. The van der Waals surface area contributed by atoms with Crippen molar-refractivity contribution in [2.45, 2.75) is 0 Å². The van der Waals surface area contributed by atoms with Gasteiger partial charge in [0.15, 0.2) is 0 Å². The summed E-state index contributed by atoms with van der Waals surface area (Å²) < 4.78 is 0. The van der Waals surface area contributed by atoms with Crippen molar-refractivity contribution >= 4 is 0 Å². The van der Waals surface area contributed by atoms with E-state index >= 15 is 0 Å². The molecular weight excluding hydrogens is 438 g/mol. The number of rotatable bonds is 5. The molecule has 0 fully saturated rings. The van der Waals surface area contributed by atoms with Gasteiger partial charge in [-0.3, -0.25) is 15.0 Å². The van der Waals surface area contributed by atoms with Gasteiger partial charge in [0.05, 0.1) is 17.1 Å². The van der Waals surface area contributed by atoms with Crippen LogP contribution < -0.4 is 0 Å². The second-order valence-electron chi connectivity index (χ2n) is 8.57. The van der Waals surface area contributed by atoms with Gasteiger partial charge in [0, 0.05) is 24.2 Å². The van der Waals surface area contributed by atoms with Crippen molar-refractivity contribution in [2.75, 3.05) is 0 Å². The summed E-state index contributed by atoms with van der Waals surface area (Å²) in [5.41, 5.74) is 10.5. The molecule has 0 saturated heterocycles. The number of nitrogens with zero attached hydrogens (tertiary/aromatic N) is 3. The van der Waals surface area contributed by atoms with E-state index in [1.807, 2.05) is 55.0 Å². The molecule has 170 valence electrons. The van der Waals surface area contributed by atoms with Gasteiger partial charge in [0.2, 0.25) is 0 Å². The van der Waals surface area contributed by atoms with Gasteiger partial charge in [-0.05, 0) is 69.8 Å². The Morgan fingerprint density at radius 1 is 0.306 bits per heavy atom. The zero-order valence-electron chi connectivity index (χ0n) is 19.6.